The van der Waals surface area contributed by atoms with E-state index in [-0.39, 0.29) is 0 Å². The molecular formula is C10H15N3. The molecule has 0 bridgehead atoms. The largest absolute Gasteiger partial charge is 0.369 e. The summed E-state index contributed by atoms with van der Waals surface area (Å²) in [6.07, 6.45) is 4.97. The Hall–Kier alpha value is -1.09. The monoisotopic (exact) mass is 177 g/mol. The number of hydrogen-bond donors (Lipinski definition) is 1. The van der Waals surface area contributed by atoms with Gasteiger partial charge in [-0.1, -0.05) is 0 Å². The molecule has 1 atom stereocenters. The van der Waals surface area contributed by atoms with E-state index in [0.717, 1.165) is 13.1 Å². The third-order valence-electron chi connectivity index (χ3n) is 2.61. The summed E-state index contributed by atoms with van der Waals surface area (Å²) < 4.78 is 0. The molecule has 0 aromatic carbocycles. The van der Waals surface area contributed by atoms with Crippen LogP contribution in [0.2, 0.25) is 0 Å². The molecule has 3 heteroatoms. The van der Waals surface area contributed by atoms with Gasteiger partial charge in [-0.05, 0) is 25.6 Å². The number of nitrogens with zero attached hydrogens (tertiary/aromatic N) is 2. The molecule has 0 aliphatic carbocycles. The van der Waals surface area contributed by atoms with Crippen LogP contribution in [-0.4, -0.2) is 31.2 Å². The number of aromatic nitrogens is 1. The minimum Gasteiger partial charge on any atom is -0.369 e. The lowest BCUT2D eigenvalue weighted by Crippen LogP contribution is -2.29. The maximum atomic E-state index is 4.12. The van der Waals surface area contributed by atoms with Crippen molar-refractivity contribution in [3.63, 3.8) is 0 Å². The normalized spacial score (nSPS) is 22.2. The van der Waals surface area contributed by atoms with Crippen LogP contribution < -0.4 is 10.2 Å². The van der Waals surface area contributed by atoms with Crippen LogP contribution in [0.15, 0.2) is 24.5 Å². The van der Waals surface area contributed by atoms with Crippen molar-refractivity contribution in [2.45, 2.75) is 12.5 Å². The number of nitrogens with one attached hydrogen (secondary N) is 1. The highest BCUT2D eigenvalue weighted by atomic mass is 15.2. The van der Waals surface area contributed by atoms with Gasteiger partial charge < -0.3 is 10.2 Å². The lowest BCUT2D eigenvalue weighted by molar-refractivity contribution is 0.617. The van der Waals surface area contributed by atoms with Gasteiger partial charge in [0.05, 0.1) is 11.9 Å². The van der Waals surface area contributed by atoms with Gasteiger partial charge in [0.1, 0.15) is 0 Å². The number of pyridine rings is 1. The molecule has 1 aromatic heterocycles. The summed E-state index contributed by atoms with van der Waals surface area (Å²) in [7, 11) is 2.03. The second-order valence-corrected chi connectivity index (χ2v) is 3.43. The molecule has 1 aromatic rings. The Morgan fingerprint density at radius 2 is 2.54 bits per heavy atom. The molecule has 70 valence electrons. The van der Waals surface area contributed by atoms with E-state index in [1.165, 1.54) is 12.1 Å². The molecule has 0 spiro atoms. The van der Waals surface area contributed by atoms with E-state index >= 15 is 0 Å². The fourth-order valence-corrected chi connectivity index (χ4v) is 1.77. The van der Waals surface area contributed by atoms with E-state index in [4.69, 9.17) is 0 Å². The third kappa shape index (κ3) is 1.80. The fraction of sp³-hybridized carbons (Fsp3) is 0.500. The summed E-state index contributed by atoms with van der Waals surface area (Å²) >= 11 is 0. The minimum atomic E-state index is 0.639. The summed E-state index contributed by atoms with van der Waals surface area (Å²) in [5.74, 6) is 0. The summed E-state index contributed by atoms with van der Waals surface area (Å²) in [6.45, 7) is 2.24. The quantitative estimate of drug-likeness (QED) is 0.727. The number of likely N-dealkylation sites (N-methyl/N-ethyl adjacent to an activating group) is 1. The summed E-state index contributed by atoms with van der Waals surface area (Å²) in [5.41, 5.74) is 1.24. The molecule has 2 heterocycles. The van der Waals surface area contributed by atoms with Crippen LogP contribution >= 0.6 is 0 Å². The first-order valence-corrected chi connectivity index (χ1v) is 4.72. The van der Waals surface area contributed by atoms with Crippen LogP contribution in [0.25, 0.3) is 0 Å². The van der Waals surface area contributed by atoms with Gasteiger partial charge in [0.15, 0.2) is 0 Å². The molecule has 0 amide bonds. The maximum absolute atomic E-state index is 4.12. The smallest absolute Gasteiger partial charge is 0.0553 e. The number of anilines is 1. The van der Waals surface area contributed by atoms with Gasteiger partial charge >= 0.3 is 0 Å². The van der Waals surface area contributed by atoms with Crippen LogP contribution in [-0.2, 0) is 0 Å². The topological polar surface area (TPSA) is 28.2 Å². The van der Waals surface area contributed by atoms with Crippen LogP contribution in [0.3, 0.4) is 0 Å². The van der Waals surface area contributed by atoms with Gasteiger partial charge in [-0.25, -0.2) is 0 Å². The summed E-state index contributed by atoms with van der Waals surface area (Å²) in [6, 6.07) is 4.74. The van der Waals surface area contributed by atoms with Crippen molar-refractivity contribution in [3.8, 4) is 0 Å². The van der Waals surface area contributed by atoms with E-state index in [9.17, 15) is 0 Å². The van der Waals surface area contributed by atoms with Gasteiger partial charge in [-0.2, -0.15) is 0 Å². The molecule has 1 saturated heterocycles. The third-order valence-corrected chi connectivity index (χ3v) is 2.61. The molecule has 3 nitrogen and oxygen atoms in total. The maximum Gasteiger partial charge on any atom is 0.0553 e. The van der Waals surface area contributed by atoms with Crippen molar-refractivity contribution in [2.24, 2.45) is 0 Å². The first-order valence-electron chi connectivity index (χ1n) is 4.72. The second kappa shape index (κ2) is 3.75. The van der Waals surface area contributed by atoms with E-state index in [1.54, 1.807) is 0 Å². The van der Waals surface area contributed by atoms with Gasteiger partial charge in [0.2, 0.25) is 0 Å². The average molecular weight is 177 g/mol. The second-order valence-electron chi connectivity index (χ2n) is 3.43. The van der Waals surface area contributed by atoms with E-state index in [2.05, 4.69) is 21.3 Å². The van der Waals surface area contributed by atoms with Crippen LogP contribution in [0.5, 0.6) is 0 Å². The first kappa shape index (κ1) is 8.51. The molecule has 1 fully saturated rings. The van der Waals surface area contributed by atoms with Crippen molar-refractivity contribution < 1.29 is 0 Å². The van der Waals surface area contributed by atoms with E-state index in [1.807, 2.05) is 25.5 Å². The van der Waals surface area contributed by atoms with Crippen molar-refractivity contribution in [1.82, 2.24) is 10.3 Å². The highest BCUT2D eigenvalue weighted by Gasteiger charge is 2.20. The number of rotatable bonds is 2. The first-order chi connectivity index (χ1) is 6.40. The lowest BCUT2D eigenvalue weighted by Gasteiger charge is -2.17. The average Bonchev–Trinajstić information content (AvgIpc) is 2.67. The standard InChI is InChI=1S/C10H15N3/c1-11-9-4-6-13(8-9)10-3-2-5-12-7-10/h2-3,5,7,9,11H,4,6,8H2,1H3. The van der Waals surface area contributed by atoms with E-state index < -0.39 is 0 Å². The fourth-order valence-electron chi connectivity index (χ4n) is 1.77. The molecule has 1 N–H and O–H groups in total. The zero-order valence-electron chi connectivity index (χ0n) is 7.90. The summed E-state index contributed by atoms with van der Waals surface area (Å²) in [4.78, 5) is 6.49. The Kier molecular flexibility index (Phi) is 2.45. The van der Waals surface area contributed by atoms with Crippen molar-refractivity contribution in [2.75, 3.05) is 25.0 Å². The Morgan fingerprint density at radius 1 is 1.62 bits per heavy atom. The van der Waals surface area contributed by atoms with Gasteiger partial charge in [-0.3, -0.25) is 4.98 Å². The summed E-state index contributed by atoms with van der Waals surface area (Å²) in [5, 5.41) is 3.30. The SMILES string of the molecule is CNC1CCN(c2cccnc2)C1. The Bertz CT molecular complexity index is 260. The van der Waals surface area contributed by atoms with Crippen molar-refractivity contribution in [1.29, 1.82) is 0 Å². The van der Waals surface area contributed by atoms with Gasteiger partial charge in [-0.15, -0.1) is 0 Å². The highest BCUT2D eigenvalue weighted by Crippen LogP contribution is 2.18. The molecule has 1 aliphatic heterocycles. The van der Waals surface area contributed by atoms with Crippen molar-refractivity contribution >= 4 is 5.69 Å². The molecule has 0 radical (unpaired) electrons. The van der Waals surface area contributed by atoms with Crippen LogP contribution in [0, 0.1) is 0 Å². The zero-order valence-corrected chi connectivity index (χ0v) is 7.90. The Labute approximate surface area is 78.8 Å². The van der Waals surface area contributed by atoms with E-state index in [0.29, 0.717) is 6.04 Å². The predicted molar refractivity (Wildman–Crippen MR) is 53.9 cm³/mol. The highest BCUT2D eigenvalue weighted by molar-refractivity contribution is 5.44. The van der Waals surface area contributed by atoms with Crippen LogP contribution in [0.1, 0.15) is 6.42 Å². The Balaban J connectivity index is 2.04. The molecule has 1 aliphatic rings. The molecule has 13 heavy (non-hydrogen) atoms. The Morgan fingerprint density at radius 3 is 3.15 bits per heavy atom. The van der Waals surface area contributed by atoms with Gasteiger partial charge in [0.25, 0.3) is 0 Å². The van der Waals surface area contributed by atoms with Crippen LogP contribution in [0.4, 0.5) is 5.69 Å². The lowest BCUT2D eigenvalue weighted by atomic mass is 10.3. The molecular weight excluding hydrogens is 162 g/mol. The molecule has 0 saturated carbocycles. The van der Waals surface area contributed by atoms with Gasteiger partial charge in [0, 0.05) is 25.3 Å². The predicted octanol–water partition coefficient (Wildman–Crippen LogP) is 0.880. The molecule has 1 unspecified atom stereocenters. The van der Waals surface area contributed by atoms with Crippen molar-refractivity contribution in [3.05, 3.63) is 24.5 Å². The minimum absolute atomic E-state index is 0.639. The number of hydrogen-bond acceptors (Lipinski definition) is 3. The molecule has 2 rings (SSSR count). The zero-order chi connectivity index (χ0) is 9.10.